The summed E-state index contributed by atoms with van der Waals surface area (Å²) < 4.78 is 27.4. The van der Waals surface area contributed by atoms with Crippen LogP contribution in [0.1, 0.15) is 66.7 Å². The minimum atomic E-state index is -0.459. The molecule has 7 heteroatoms. The lowest BCUT2D eigenvalue weighted by atomic mass is 10.0. The number of unbranched alkanes of at least 4 members (excludes halogenated alkanes) is 3. The zero-order chi connectivity index (χ0) is 30.0. The highest BCUT2D eigenvalue weighted by Crippen LogP contribution is 2.24. The van der Waals surface area contributed by atoms with Crippen molar-refractivity contribution in [2.75, 3.05) is 33.0 Å². The second-order valence-electron chi connectivity index (χ2n) is 9.91. The van der Waals surface area contributed by atoms with Crippen LogP contribution >= 0.6 is 0 Å². The maximum absolute atomic E-state index is 12.6. The molecule has 0 N–H and O–H groups in total. The standard InChI is InChI=1S/C35H42O7/c1-4-6-7-8-9-27(3)41-34(36)30-12-10-28(11-13-30)29-14-20-33(21-15-29)42-35(37)31-16-18-32(19-17-31)40-26-25-39-24-23-38-22-5-2/h5,10-21,27H,2,4,6-9,22-26H2,1,3H3/t27-/m1/s1. The van der Waals surface area contributed by atoms with Crippen molar-refractivity contribution < 1.29 is 33.3 Å². The van der Waals surface area contributed by atoms with Gasteiger partial charge < -0.3 is 23.7 Å². The highest BCUT2D eigenvalue weighted by molar-refractivity contribution is 5.91. The predicted octanol–water partition coefficient (Wildman–Crippen LogP) is 7.69. The Kier molecular flexibility index (Phi) is 14.3. The topological polar surface area (TPSA) is 80.3 Å². The highest BCUT2D eigenvalue weighted by Gasteiger charge is 2.13. The van der Waals surface area contributed by atoms with Gasteiger partial charge >= 0.3 is 11.9 Å². The normalized spacial score (nSPS) is 11.5. The molecule has 7 nitrogen and oxygen atoms in total. The van der Waals surface area contributed by atoms with E-state index in [1.807, 2.05) is 31.2 Å². The van der Waals surface area contributed by atoms with E-state index in [4.69, 9.17) is 23.7 Å². The smallest absolute Gasteiger partial charge is 0.343 e. The van der Waals surface area contributed by atoms with Gasteiger partial charge in [-0.1, -0.05) is 56.5 Å². The molecule has 3 rings (SSSR count). The van der Waals surface area contributed by atoms with Crippen LogP contribution in [0.25, 0.3) is 11.1 Å². The predicted molar refractivity (Wildman–Crippen MR) is 164 cm³/mol. The number of rotatable bonds is 19. The van der Waals surface area contributed by atoms with E-state index in [1.165, 1.54) is 19.3 Å². The van der Waals surface area contributed by atoms with Crippen LogP contribution in [0, 0.1) is 0 Å². The van der Waals surface area contributed by atoms with Crippen molar-refractivity contribution in [1.82, 2.24) is 0 Å². The molecule has 0 aliphatic rings. The number of ether oxygens (including phenoxy) is 5. The summed E-state index contributed by atoms with van der Waals surface area (Å²) in [7, 11) is 0. The Hall–Kier alpha value is -3.94. The van der Waals surface area contributed by atoms with Gasteiger partial charge in [-0.25, -0.2) is 9.59 Å². The van der Waals surface area contributed by atoms with E-state index in [9.17, 15) is 9.59 Å². The summed E-state index contributed by atoms with van der Waals surface area (Å²) in [5.74, 6) is 0.311. The average molecular weight is 575 g/mol. The Labute approximate surface area is 249 Å². The molecule has 0 aromatic heterocycles. The summed E-state index contributed by atoms with van der Waals surface area (Å²) in [4.78, 5) is 25.1. The molecule has 0 bridgehead atoms. The van der Waals surface area contributed by atoms with Crippen LogP contribution in [-0.4, -0.2) is 51.1 Å². The third-order valence-corrected chi connectivity index (χ3v) is 6.49. The first-order chi connectivity index (χ1) is 20.5. The number of carbonyl (C=O) groups excluding carboxylic acids is 2. The van der Waals surface area contributed by atoms with Crippen LogP contribution in [-0.2, 0) is 14.2 Å². The van der Waals surface area contributed by atoms with Crippen LogP contribution < -0.4 is 9.47 Å². The van der Waals surface area contributed by atoms with Crippen LogP contribution in [0.4, 0.5) is 0 Å². The van der Waals surface area contributed by atoms with E-state index in [0.717, 1.165) is 24.0 Å². The molecule has 0 fully saturated rings. The summed E-state index contributed by atoms with van der Waals surface area (Å²) in [6.07, 6.45) is 7.10. The van der Waals surface area contributed by atoms with Crippen molar-refractivity contribution >= 4 is 11.9 Å². The number of benzene rings is 3. The summed E-state index contributed by atoms with van der Waals surface area (Å²) >= 11 is 0. The average Bonchev–Trinajstić information content (AvgIpc) is 3.01. The van der Waals surface area contributed by atoms with E-state index in [0.29, 0.717) is 55.7 Å². The van der Waals surface area contributed by atoms with Crippen LogP contribution in [0.5, 0.6) is 11.5 Å². The highest BCUT2D eigenvalue weighted by atomic mass is 16.5. The summed E-state index contributed by atoms with van der Waals surface area (Å²) in [6.45, 7) is 10.0. The number of hydrogen-bond acceptors (Lipinski definition) is 7. The second kappa shape index (κ2) is 18.5. The lowest BCUT2D eigenvalue weighted by molar-refractivity contribution is 0.0319. The van der Waals surface area contributed by atoms with Gasteiger partial charge in [0.1, 0.15) is 18.1 Å². The van der Waals surface area contributed by atoms with Crippen LogP contribution in [0.3, 0.4) is 0 Å². The molecule has 0 spiro atoms. The summed E-state index contributed by atoms with van der Waals surface area (Å²) in [5, 5.41) is 0. The number of esters is 2. The molecule has 0 aliphatic heterocycles. The van der Waals surface area contributed by atoms with Gasteiger partial charge in [-0.3, -0.25) is 0 Å². The minimum absolute atomic E-state index is 0.0978. The van der Waals surface area contributed by atoms with Crippen molar-refractivity contribution in [3.05, 3.63) is 96.6 Å². The molecular formula is C35H42O7. The molecular weight excluding hydrogens is 532 g/mol. The Bertz CT molecular complexity index is 1220. The molecule has 3 aromatic carbocycles. The third-order valence-electron chi connectivity index (χ3n) is 6.49. The monoisotopic (exact) mass is 574 g/mol. The SMILES string of the molecule is C=CCOCCOCCOc1ccc(C(=O)Oc2ccc(-c3ccc(C(=O)O[C@H](C)CCCCCC)cc3)cc2)cc1. The van der Waals surface area contributed by atoms with Gasteiger partial charge in [-0.05, 0) is 79.4 Å². The Morgan fingerprint density at radius 3 is 1.95 bits per heavy atom. The molecule has 0 saturated carbocycles. The lowest BCUT2D eigenvalue weighted by Gasteiger charge is -2.13. The van der Waals surface area contributed by atoms with E-state index in [2.05, 4.69) is 13.5 Å². The van der Waals surface area contributed by atoms with Crippen molar-refractivity contribution in [2.45, 2.75) is 52.1 Å². The molecule has 1 atom stereocenters. The molecule has 0 heterocycles. The van der Waals surface area contributed by atoms with Crippen molar-refractivity contribution in [3.63, 3.8) is 0 Å². The van der Waals surface area contributed by atoms with Gasteiger partial charge in [0.25, 0.3) is 0 Å². The first-order valence-corrected chi connectivity index (χ1v) is 14.6. The van der Waals surface area contributed by atoms with Crippen LogP contribution in [0.15, 0.2) is 85.5 Å². The second-order valence-corrected chi connectivity index (χ2v) is 9.91. The van der Waals surface area contributed by atoms with Gasteiger partial charge in [0.15, 0.2) is 0 Å². The third kappa shape index (κ3) is 11.5. The molecule has 0 radical (unpaired) electrons. The first kappa shape index (κ1) is 32.6. The zero-order valence-electron chi connectivity index (χ0n) is 24.7. The van der Waals surface area contributed by atoms with Crippen LogP contribution in [0.2, 0.25) is 0 Å². The fraction of sp³-hybridized carbons (Fsp3) is 0.371. The molecule has 3 aromatic rings. The lowest BCUT2D eigenvalue weighted by Crippen LogP contribution is -2.15. The van der Waals surface area contributed by atoms with Gasteiger partial charge in [-0.15, -0.1) is 6.58 Å². The molecule has 0 saturated heterocycles. The Balaban J connectivity index is 1.43. The first-order valence-electron chi connectivity index (χ1n) is 14.6. The van der Waals surface area contributed by atoms with E-state index >= 15 is 0 Å². The maximum atomic E-state index is 12.6. The molecule has 224 valence electrons. The largest absolute Gasteiger partial charge is 0.491 e. The zero-order valence-corrected chi connectivity index (χ0v) is 24.7. The molecule has 0 unspecified atom stereocenters. The molecule has 42 heavy (non-hydrogen) atoms. The quantitative estimate of drug-likeness (QED) is 0.0628. The summed E-state index contributed by atoms with van der Waals surface area (Å²) in [6, 6.07) is 21.3. The van der Waals surface area contributed by atoms with E-state index in [1.54, 1.807) is 54.6 Å². The number of carbonyl (C=O) groups is 2. The minimum Gasteiger partial charge on any atom is -0.491 e. The van der Waals surface area contributed by atoms with Gasteiger partial charge in [0.2, 0.25) is 0 Å². The maximum Gasteiger partial charge on any atom is 0.343 e. The van der Waals surface area contributed by atoms with E-state index in [-0.39, 0.29) is 12.1 Å². The number of hydrogen-bond donors (Lipinski definition) is 0. The van der Waals surface area contributed by atoms with Gasteiger partial charge in [0, 0.05) is 0 Å². The van der Waals surface area contributed by atoms with Crippen molar-refractivity contribution in [3.8, 4) is 22.6 Å². The van der Waals surface area contributed by atoms with Crippen molar-refractivity contribution in [1.29, 1.82) is 0 Å². The fourth-order valence-electron chi connectivity index (χ4n) is 4.14. The van der Waals surface area contributed by atoms with E-state index < -0.39 is 5.97 Å². The van der Waals surface area contributed by atoms with Gasteiger partial charge in [-0.2, -0.15) is 0 Å². The fourth-order valence-corrected chi connectivity index (χ4v) is 4.14. The van der Waals surface area contributed by atoms with Gasteiger partial charge in [0.05, 0.1) is 43.7 Å². The summed E-state index contributed by atoms with van der Waals surface area (Å²) in [5.41, 5.74) is 2.83. The Morgan fingerprint density at radius 1 is 0.714 bits per heavy atom. The molecule has 0 aliphatic carbocycles. The Morgan fingerprint density at radius 2 is 1.29 bits per heavy atom. The molecule has 0 amide bonds. The van der Waals surface area contributed by atoms with Crippen molar-refractivity contribution in [2.24, 2.45) is 0 Å².